The molecule has 0 atom stereocenters. The Morgan fingerprint density at radius 1 is 0.953 bits per heavy atom. The van der Waals surface area contributed by atoms with Crippen molar-refractivity contribution in [3.8, 4) is 0 Å². The van der Waals surface area contributed by atoms with Crippen LogP contribution in [0.15, 0.2) is 30.5 Å². The van der Waals surface area contributed by atoms with Crippen molar-refractivity contribution < 1.29 is 4.79 Å². The van der Waals surface area contributed by atoms with E-state index in [0.29, 0.717) is 25.5 Å². The summed E-state index contributed by atoms with van der Waals surface area (Å²) in [5.41, 5.74) is 7.29. The van der Waals surface area contributed by atoms with Gasteiger partial charge >= 0.3 is 0 Å². The molecule has 1 amide bonds. The van der Waals surface area contributed by atoms with Gasteiger partial charge in [-0.15, -0.1) is 5.10 Å². The molecule has 1 aliphatic heterocycles. The smallest absolute Gasteiger partial charge is 0.225 e. The number of aryl methyl sites for hydroxylation is 1. The molecular weight excluding hydrogens is 542 g/mol. The summed E-state index contributed by atoms with van der Waals surface area (Å²) < 4.78 is 1.90. The van der Waals surface area contributed by atoms with Gasteiger partial charge in [-0.2, -0.15) is 4.98 Å². The molecule has 6 N–H and O–H groups in total. The highest BCUT2D eigenvalue weighted by atomic mass is 16.2. The number of amides is 1. The maximum absolute atomic E-state index is 12.2. The summed E-state index contributed by atoms with van der Waals surface area (Å²) in [6.07, 6.45) is 13.2. The van der Waals surface area contributed by atoms with E-state index >= 15 is 0 Å². The fourth-order valence-electron chi connectivity index (χ4n) is 6.03. The minimum atomic E-state index is 0.140. The summed E-state index contributed by atoms with van der Waals surface area (Å²) in [6.45, 7) is 6.30. The van der Waals surface area contributed by atoms with Gasteiger partial charge in [0.15, 0.2) is 0 Å². The summed E-state index contributed by atoms with van der Waals surface area (Å²) >= 11 is 0. The molecule has 12 heteroatoms. The minimum Gasteiger partial charge on any atom is -0.367 e. The zero-order chi connectivity index (χ0) is 29.7. The Balaban J connectivity index is 1.04. The van der Waals surface area contributed by atoms with E-state index in [1.165, 1.54) is 38.5 Å². The van der Waals surface area contributed by atoms with E-state index < -0.39 is 0 Å². The van der Waals surface area contributed by atoms with Crippen LogP contribution in [0.4, 0.5) is 11.8 Å². The molecule has 1 aliphatic carbocycles. The maximum atomic E-state index is 12.2. The molecular formula is C31H49N11O. The molecule has 0 radical (unpaired) electrons. The van der Waals surface area contributed by atoms with E-state index in [0.717, 1.165) is 87.0 Å². The van der Waals surface area contributed by atoms with Crippen LogP contribution in [0.25, 0.3) is 10.9 Å². The Hall–Kier alpha value is -3.35. The third-order valence-corrected chi connectivity index (χ3v) is 8.47. The number of likely N-dealkylation sites (tertiary alicyclic amines) is 1. The van der Waals surface area contributed by atoms with Crippen LogP contribution in [-0.4, -0.2) is 87.1 Å². The fourth-order valence-corrected chi connectivity index (χ4v) is 6.03. The Bertz CT molecular complexity index is 1270. The Kier molecular flexibility index (Phi) is 11.9. The second-order valence-electron chi connectivity index (χ2n) is 11.8. The molecule has 0 bridgehead atoms. The molecule has 12 nitrogen and oxygen atoms in total. The first kappa shape index (κ1) is 31.1. The first-order valence-corrected chi connectivity index (χ1v) is 16.3. The number of hydrogen-bond donors (Lipinski definition) is 5. The van der Waals surface area contributed by atoms with E-state index in [4.69, 9.17) is 15.7 Å². The van der Waals surface area contributed by atoms with Gasteiger partial charge in [0.25, 0.3) is 0 Å². The van der Waals surface area contributed by atoms with Gasteiger partial charge in [0, 0.05) is 50.1 Å². The first-order valence-electron chi connectivity index (χ1n) is 16.3. The lowest BCUT2D eigenvalue weighted by Crippen LogP contribution is -2.43. The predicted octanol–water partition coefficient (Wildman–Crippen LogP) is 2.88. The molecule has 3 aromatic rings. The molecule has 1 saturated heterocycles. The SMILES string of the molecule is NCCC(=O)N1CCC(Nc2nc(NCc3cn(CCCNCCCNC4CCCCC4)nn3)nc3ccccc23)CC1. The topological polar surface area (TPSA) is 151 Å². The standard InChI is InChI=1S/C31H49N11O/c32-15-12-29(43)41-20-13-25(14-21-41)36-30-27-10-4-5-11-28(27)37-31(38-30)35-22-26-23-42(40-39-26)19-7-17-33-16-6-18-34-24-8-2-1-3-9-24/h4-5,10-11,23-25,33-34H,1-3,6-9,12-22,32H2,(H2,35,36,37,38). The Morgan fingerprint density at radius 2 is 1.77 bits per heavy atom. The lowest BCUT2D eigenvalue weighted by molar-refractivity contribution is -0.131. The molecule has 43 heavy (non-hydrogen) atoms. The Morgan fingerprint density at radius 3 is 2.60 bits per heavy atom. The van der Waals surface area contributed by atoms with Crippen LogP contribution in [0.3, 0.4) is 0 Å². The summed E-state index contributed by atoms with van der Waals surface area (Å²) in [7, 11) is 0. The zero-order valence-electron chi connectivity index (χ0n) is 25.4. The van der Waals surface area contributed by atoms with Crippen molar-refractivity contribution in [3.05, 3.63) is 36.2 Å². The number of nitrogens with one attached hydrogen (secondary N) is 4. The van der Waals surface area contributed by atoms with Crippen LogP contribution >= 0.6 is 0 Å². The van der Waals surface area contributed by atoms with Gasteiger partial charge in [-0.1, -0.05) is 36.6 Å². The summed E-state index contributed by atoms with van der Waals surface area (Å²) in [4.78, 5) is 23.7. The van der Waals surface area contributed by atoms with Crippen molar-refractivity contribution in [3.63, 3.8) is 0 Å². The number of carbonyl (C=O) groups is 1. The Labute approximate surface area is 255 Å². The van der Waals surface area contributed by atoms with Crippen LogP contribution in [0.1, 0.15) is 69.9 Å². The number of aromatic nitrogens is 5. The van der Waals surface area contributed by atoms with E-state index in [9.17, 15) is 4.79 Å². The number of nitrogens with zero attached hydrogens (tertiary/aromatic N) is 6. The molecule has 5 rings (SSSR count). The molecule has 0 unspecified atom stereocenters. The number of carbonyl (C=O) groups excluding carboxylic acids is 1. The van der Waals surface area contributed by atoms with Gasteiger partial charge in [0.05, 0.1) is 18.3 Å². The van der Waals surface area contributed by atoms with Gasteiger partial charge in [0.1, 0.15) is 11.5 Å². The predicted molar refractivity (Wildman–Crippen MR) is 171 cm³/mol. The highest BCUT2D eigenvalue weighted by molar-refractivity contribution is 5.90. The highest BCUT2D eigenvalue weighted by Crippen LogP contribution is 2.25. The van der Waals surface area contributed by atoms with Crippen molar-refractivity contribution in [1.82, 2.24) is 40.5 Å². The number of hydrogen-bond acceptors (Lipinski definition) is 10. The summed E-state index contributed by atoms with van der Waals surface area (Å²) in [5.74, 6) is 1.50. The number of benzene rings is 1. The van der Waals surface area contributed by atoms with E-state index in [2.05, 4.69) is 31.6 Å². The summed E-state index contributed by atoms with van der Waals surface area (Å²) in [6, 6.07) is 9.00. The van der Waals surface area contributed by atoms with Crippen LogP contribution in [0.2, 0.25) is 0 Å². The zero-order valence-corrected chi connectivity index (χ0v) is 25.4. The van der Waals surface area contributed by atoms with Crippen LogP contribution in [-0.2, 0) is 17.9 Å². The van der Waals surface area contributed by atoms with E-state index in [-0.39, 0.29) is 11.9 Å². The maximum Gasteiger partial charge on any atom is 0.225 e. The minimum absolute atomic E-state index is 0.140. The lowest BCUT2D eigenvalue weighted by atomic mass is 9.95. The first-order chi connectivity index (χ1) is 21.2. The van der Waals surface area contributed by atoms with Crippen LogP contribution in [0.5, 0.6) is 0 Å². The monoisotopic (exact) mass is 591 g/mol. The molecule has 1 saturated carbocycles. The second kappa shape index (κ2) is 16.5. The number of anilines is 2. The number of fused-ring (bicyclic) bond motifs is 1. The van der Waals surface area contributed by atoms with Gasteiger partial charge in [0.2, 0.25) is 11.9 Å². The average Bonchev–Trinajstić information content (AvgIpc) is 3.50. The molecule has 1 aromatic carbocycles. The van der Waals surface area contributed by atoms with Gasteiger partial charge in [-0.05, 0) is 70.3 Å². The molecule has 2 fully saturated rings. The van der Waals surface area contributed by atoms with Crippen molar-refractivity contribution in [2.24, 2.45) is 5.73 Å². The normalized spacial score (nSPS) is 16.5. The molecule has 3 heterocycles. The number of nitrogens with two attached hydrogens (primary N) is 1. The fraction of sp³-hybridized carbons (Fsp3) is 0.645. The largest absolute Gasteiger partial charge is 0.367 e. The van der Waals surface area contributed by atoms with Crippen molar-refractivity contribution >= 4 is 28.6 Å². The van der Waals surface area contributed by atoms with E-state index in [1.807, 2.05) is 40.0 Å². The number of para-hydroxylation sites is 1. The summed E-state index contributed by atoms with van der Waals surface area (Å²) in [5, 5.41) is 23.8. The van der Waals surface area contributed by atoms with Gasteiger partial charge in [-0.25, -0.2) is 4.98 Å². The van der Waals surface area contributed by atoms with Crippen molar-refractivity contribution in [1.29, 1.82) is 0 Å². The quantitative estimate of drug-likeness (QED) is 0.157. The highest BCUT2D eigenvalue weighted by Gasteiger charge is 2.23. The van der Waals surface area contributed by atoms with Crippen molar-refractivity contribution in [2.75, 3.05) is 49.9 Å². The third kappa shape index (κ3) is 9.57. The van der Waals surface area contributed by atoms with Crippen LogP contribution < -0.4 is 27.0 Å². The molecule has 2 aliphatic rings. The van der Waals surface area contributed by atoms with Gasteiger partial charge in [-0.3, -0.25) is 9.48 Å². The molecule has 2 aromatic heterocycles. The second-order valence-corrected chi connectivity index (χ2v) is 11.8. The molecule has 234 valence electrons. The third-order valence-electron chi connectivity index (χ3n) is 8.47. The molecule has 0 spiro atoms. The lowest BCUT2D eigenvalue weighted by Gasteiger charge is -2.33. The number of rotatable bonds is 16. The van der Waals surface area contributed by atoms with Crippen molar-refractivity contribution in [2.45, 2.75) is 89.4 Å². The van der Waals surface area contributed by atoms with Crippen LogP contribution in [0, 0.1) is 0 Å². The number of piperidine rings is 1. The van der Waals surface area contributed by atoms with E-state index in [1.54, 1.807) is 0 Å². The average molecular weight is 592 g/mol. The van der Waals surface area contributed by atoms with Gasteiger partial charge < -0.3 is 31.9 Å².